The molecule has 8 heteroatoms. The Bertz CT molecular complexity index is 713. The third kappa shape index (κ3) is 3.01. The van der Waals surface area contributed by atoms with Gasteiger partial charge in [-0.15, -0.1) is 0 Å². The SMILES string of the molecule is CCN1CCC(NC(=O)c2ccon2)C1c1cc(F)c(F)c(F)c1. The van der Waals surface area contributed by atoms with E-state index in [0.717, 1.165) is 12.1 Å². The van der Waals surface area contributed by atoms with Crippen molar-refractivity contribution >= 4 is 5.91 Å². The monoisotopic (exact) mass is 339 g/mol. The quantitative estimate of drug-likeness (QED) is 0.870. The van der Waals surface area contributed by atoms with Gasteiger partial charge in [-0.1, -0.05) is 12.1 Å². The zero-order valence-corrected chi connectivity index (χ0v) is 12.9. The van der Waals surface area contributed by atoms with Crippen molar-refractivity contribution in [1.82, 2.24) is 15.4 Å². The summed E-state index contributed by atoms with van der Waals surface area (Å²) < 4.78 is 45.0. The second kappa shape index (κ2) is 6.64. The molecule has 2 unspecified atom stereocenters. The number of halogens is 3. The van der Waals surface area contributed by atoms with Gasteiger partial charge in [0.2, 0.25) is 0 Å². The van der Waals surface area contributed by atoms with E-state index >= 15 is 0 Å². The van der Waals surface area contributed by atoms with E-state index in [9.17, 15) is 18.0 Å². The number of likely N-dealkylation sites (tertiary alicyclic amines) is 1. The van der Waals surface area contributed by atoms with Gasteiger partial charge < -0.3 is 9.84 Å². The lowest BCUT2D eigenvalue weighted by Crippen LogP contribution is -2.40. The number of nitrogens with zero attached hydrogens (tertiary/aromatic N) is 2. The summed E-state index contributed by atoms with van der Waals surface area (Å²) in [6.45, 7) is 3.18. The molecule has 1 N–H and O–H groups in total. The van der Waals surface area contributed by atoms with Crippen LogP contribution >= 0.6 is 0 Å². The molecule has 24 heavy (non-hydrogen) atoms. The number of hydrogen-bond acceptors (Lipinski definition) is 4. The predicted molar refractivity (Wildman–Crippen MR) is 78.7 cm³/mol. The molecule has 2 atom stereocenters. The van der Waals surface area contributed by atoms with E-state index in [0.29, 0.717) is 19.5 Å². The lowest BCUT2D eigenvalue weighted by Gasteiger charge is -2.28. The normalized spacial score (nSPS) is 21.2. The van der Waals surface area contributed by atoms with Crippen LogP contribution in [0.1, 0.15) is 35.4 Å². The Morgan fingerprint density at radius 3 is 2.67 bits per heavy atom. The van der Waals surface area contributed by atoms with Gasteiger partial charge in [0.15, 0.2) is 23.1 Å². The summed E-state index contributed by atoms with van der Waals surface area (Å²) in [5.74, 6) is -4.41. The van der Waals surface area contributed by atoms with Gasteiger partial charge in [0.05, 0.1) is 12.1 Å². The minimum atomic E-state index is -1.50. The zero-order valence-electron chi connectivity index (χ0n) is 12.9. The Kier molecular flexibility index (Phi) is 4.57. The van der Waals surface area contributed by atoms with Gasteiger partial charge in [0.25, 0.3) is 5.91 Å². The van der Waals surface area contributed by atoms with Crippen LogP contribution in [0.3, 0.4) is 0 Å². The third-order valence-corrected chi connectivity index (χ3v) is 4.24. The van der Waals surface area contributed by atoms with Crippen molar-refractivity contribution in [2.45, 2.75) is 25.4 Å². The number of rotatable bonds is 4. The van der Waals surface area contributed by atoms with Crippen molar-refractivity contribution in [3.63, 3.8) is 0 Å². The Morgan fingerprint density at radius 1 is 1.38 bits per heavy atom. The van der Waals surface area contributed by atoms with Crippen LogP contribution in [0, 0.1) is 17.5 Å². The predicted octanol–water partition coefficient (Wildman–Crippen LogP) is 2.66. The van der Waals surface area contributed by atoms with Gasteiger partial charge in [0, 0.05) is 12.6 Å². The molecule has 1 aromatic carbocycles. The fraction of sp³-hybridized carbons (Fsp3) is 0.375. The average molecular weight is 339 g/mol. The summed E-state index contributed by atoms with van der Waals surface area (Å²) in [6, 6.07) is 2.56. The topological polar surface area (TPSA) is 58.4 Å². The number of amides is 1. The Balaban J connectivity index is 1.88. The molecule has 1 aromatic heterocycles. The van der Waals surface area contributed by atoms with Crippen molar-refractivity contribution < 1.29 is 22.5 Å². The molecule has 0 bridgehead atoms. The lowest BCUT2D eigenvalue weighted by atomic mass is 9.99. The molecule has 2 aromatic rings. The number of hydrogen-bond donors (Lipinski definition) is 1. The van der Waals surface area contributed by atoms with Crippen LogP contribution in [-0.2, 0) is 0 Å². The second-order valence-corrected chi connectivity index (χ2v) is 5.63. The summed E-state index contributed by atoms with van der Waals surface area (Å²) >= 11 is 0. The second-order valence-electron chi connectivity index (χ2n) is 5.63. The summed E-state index contributed by atoms with van der Waals surface area (Å²) in [7, 11) is 0. The van der Waals surface area contributed by atoms with E-state index < -0.39 is 29.4 Å². The van der Waals surface area contributed by atoms with Crippen LogP contribution in [0.5, 0.6) is 0 Å². The molecule has 1 saturated heterocycles. The minimum Gasteiger partial charge on any atom is -0.364 e. The number of aromatic nitrogens is 1. The molecule has 0 aliphatic carbocycles. The van der Waals surface area contributed by atoms with E-state index in [1.54, 1.807) is 0 Å². The number of carbonyl (C=O) groups is 1. The van der Waals surface area contributed by atoms with Crippen molar-refractivity contribution in [3.8, 4) is 0 Å². The van der Waals surface area contributed by atoms with Crippen LogP contribution in [0.15, 0.2) is 29.0 Å². The number of likely N-dealkylation sites (N-methyl/N-ethyl adjacent to an activating group) is 1. The number of carbonyl (C=O) groups excluding carboxylic acids is 1. The fourth-order valence-corrected chi connectivity index (χ4v) is 3.12. The standard InChI is InChI=1S/C16H16F3N3O2/c1-2-22-5-3-12(20-16(23)13-4-6-24-21-13)15(22)9-7-10(17)14(19)11(18)8-9/h4,6-8,12,15H,2-3,5H2,1H3,(H,20,23). The number of nitrogens with one attached hydrogen (secondary N) is 1. The molecule has 1 fully saturated rings. The van der Waals surface area contributed by atoms with Gasteiger partial charge in [0.1, 0.15) is 6.26 Å². The highest BCUT2D eigenvalue weighted by Crippen LogP contribution is 2.33. The smallest absolute Gasteiger partial charge is 0.273 e. The largest absolute Gasteiger partial charge is 0.364 e. The van der Waals surface area contributed by atoms with E-state index in [4.69, 9.17) is 0 Å². The molecule has 0 saturated carbocycles. The maximum absolute atomic E-state index is 13.6. The van der Waals surface area contributed by atoms with Gasteiger partial charge in [-0.25, -0.2) is 13.2 Å². The molecular formula is C16H16F3N3O2. The molecular weight excluding hydrogens is 323 g/mol. The fourth-order valence-electron chi connectivity index (χ4n) is 3.12. The van der Waals surface area contributed by atoms with Crippen LogP contribution in [0.2, 0.25) is 0 Å². The molecule has 3 rings (SSSR count). The molecule has 1 aliphatic heterocycles. The average Bonchev–Trinajstić information content (AvgIpc) is 3.21. The maximum atomic E-state index is 13.6. The third-order valence-electron chi connectivity index (χ3n) is 4.24. The van der Waals surface area contributed by atoms with Crippen LogP contribution in [0.25, 0.3) is 0 Å². The molecule has 0 radical (unpaired) electrons. The maximum Gasteiger partial charge on any atom is 0.273 e. The van der Waals surface area contributed by atoms with E-state index in [-0.39, 0.29) is 17.3 Å². The first-order chi connectivity index (χ1) is 11.5. The van der Waals surface area contributed by atoms with Gasteiger partial charge in [-0.05, 0) is 30.7 Å². The van der Waals surface area contributed by atoms with Crippen LogP contribution in [0.4, 0.5) is 13.2 Å². The first-order valence-corrected chi connectivity index (χ1v) is 7.61. The first kappa shape index (κ1) is 16.5. The Morgan fingerprint density at radius 2 is 2.08 bits per heavy atom. The summed E-state index contributed by atoms with van der Waals surface area (Å²) in [4.78, 5) is 14.1. The van der Waals surface area contributed by atoms with Gasteiger partial charge in [-0.2, -0.15) is 0 Å². The van der Waals surface area contributed by atoms with E-state index in [1.165, 1.54) is 12.3 Å². The summed E-state index contributed by atoms with van der Waals surface area (Å²) in [6.07, 6.45) is 1.88. The van der Waals surface area contributed by atoms with Gasteiger partial charge >= 0.3 is 0 Å². The summed E-state index contributed by atoms with van der Waals surface area (Å²) in [5.41, 5.74) is 0.413. The molecule has 1 amide bonds. The lowest BCUT2D eigenvalue weighted by molar-refractivity contribution is 0.0916. The molecule has 2 heterocycles. The van der Waals surface area contributed by atoms with E-state index in [2.05, 4.69) is 15.0 Å². The highest BCUT2D eigenvalue weighted by molar-refractivity contribution is 5.92. The van der Waals surface area contributed by atoms with Crippen molar-refractivity contribution in [2.75, 3.05) is 13.1 Å². The van der Waals surface area contributed by atoms with Crippen molar-refractivity contribution in [1.29, 1.82) is 0 Å². The summed E-state index contributed by atoms with van der Waals surface area (Å²) in [5, 5.41) is 6.37. The first-order valence-electron chi connectivity index (χ1n) is 7.61. The van der Waals surface area contributed by atoms with Crippen molar-refractivity contribution in [2.24, 2.45) is 0 Å². The molecule has 1 aliphatic rings. The zero-order chi connectivity index (χ0) is 17.3. The molecule has 5 nitrogen and oxygen atoms in total. The van der Waals surface area contributed by atoms with E-state index in [1.807, 2.05) is 11.8 Å². The van der Waals surface area contributed by atoms with Gasteiger partial charge in [-0.3, -0.25) is 9.69 Å². The minimum absolute atomic E-state index is 0.125. The number of benzene rings is 1. The molecule has 0 spiro atoms. The Hall–Kier alpha value is -2.35. The Labute approximate surface area is 136 Å². The van der Waals surface area contributed by atoms with Crippen LogP contribution in [-0.4, -0.2) is 35.1 Å². The van der Waals surface area contributed by atoms with Crippen molar-refractivity contribution in [3.05, 3.63) is 53.2 Å². The highest BCUT2D eigenvalue weighted by Gasteiger charge is 2.36. The highest BCUT2D eigenvalue weighted by atomic mass is 19.2. The molecule has 128 valence electrons. The van der Waals surface area contributed by atoms with Crippen LogP contribution < -0.4 is 5.32 Å².